The third-order valence-corrected chi connectivity index (χ3v) is 7.02. The molecule has 5 rings (SSSR count). The Morgan fingerprint density at radius 2 is 1.57 bits per heavy atom. The van der Waals surface area contributed by atoms with Crippen LogP contribution in [0.3, 0.4) is 0 Å². The summed E-state index contributed by atoms with van der Waals surface area (Å²) in [5.41, 5.74) is 1.62. The molecule has 0 spiro atoms. The summed E-state index contributed by atoms with van der Waals surface area (Å²) in [7, 11) is 0. The largest absolute Gasteiger partial charge is 0.417 e. The predicted molar refractivity (Wildman–Crippen MR) is 126 cm³/mol. The molecule has 1 fully saturated rings. The van der Waals surface area contributed by atoms with E-state index in [1.165, 1.54) is 12.1 Å². The number of amides is 1. The van der Waals surface area contributed by atoms with E-state index in [0.29, 0.717) is 35.4 Å². The number of carbonyl (C=O) groups is 2. The molecular formula is C26H23ClF3N3O2. The number of rotatable bonds is 3. The lowest BCUT2D eigenvalue weighted by Gasteiger charge is -2.16. The van der Waals surface area contributed by atoms with E-state index >= 15 is 0 Å². The second-order valence-corrected chi connectivity index (χ2v) is 9.34. The fourth-order valence-corrected chi connectivity index (χ4v) is 5.21. The fraction of sp³-hybridized carbons (Fsp3) is 0.346. The summed E-state index contributed by atoms with van der Waals surface area (Å²) in [4.78, 5) is 27.9. The third kappa shape index (κ3) is 4.35. The van der Waals surface area contributed by atoms with Crippen LogP contribution in [0.2, 0.25) is 5.02 Å². The van der Waals surface area contributed by atoms with Gasteiger partial charge in [-0.2, -0.15) is 23.0 Å². The summed E-state index contributed by atoms with van der Waals surface area (Å²) >= 11 is 6.09. The minimum atomic E-state index is -4.73. The summed E-state index contributed by atoms with van der Waals surface area (Å²) < 4.78 is 42.1. The number of halogens is 4. The zero-order valence-electron chi connectivity index (χ0n) is 18.9. The van der Waals surface area contributed by atoms with Crippen LogP contribution < -0.4 is 0 Å². The molecule has 2 aromatic carbocycles. The fourth-order valence-electron chi connectivity index (χ4n) is 4.96. The van der Waals surface area contributed by atoms with E-state index < -0.39 is 23.2 Å². The molecular weight excluding hydrogens is 479 g/mol. The molecule has 0 bridgehead atoms. The highest BCUT2D eigenvalue weighted by Crippen LogP contribution is 2.37. The van der Waals surface area contributed by atoms with Gasteiger partial charge < -0.3 is 4.90 Å². The standard InChI is InChI=1S/C26H23ClF3N3O2/c27-20-8-5-7-19(26(28,29)30)22(20)25(35)33-21-9-2-1-6-18(21)23(31-33)16-10-12-17(13-11-16)24(34)32-14-3-4-15-32/h5,7-8,10-13H,1-4,6,9,14-15H2. The molecule has 35 heavy (non-hydrogen) atoms. The Balaban J connectivity index is 1.55. The Kier molecular flexibility index (Phi) is 6.17. The molecule has 2 aliphatic rings. The minimum absolute atomic E-state index is 0.0183. The molecule has 1 aliphatic carbocycles. The molecule has 0 N–H and O–H groups in total. The molecule has 9 heteroatoms. The van der Waals surface area contributed by atoms with Gasteiger partial charge in [0.05, 0.1) is 27.5 Å². The molecule has 3 aromatic rings. The molecule has 0 saturated carbocycles. The molecule has 5 nitrogen and oxygen atoms in total. The van der Waals surface area contributed by atoms with Crippen LogP contribution in [0.15, 0.2) is 42.5 Å². The van der Waals surface area contributed by atoms with Crippen molar-refractivity contribution in [2.24, 2.45) is 0 Å². The third-order valence-electron chi connectivity index (χ3n) is 6.70. The average molecular weight is 502 g/mol. The molecule has 0 atom stereocenters. The van der Waals surface area contributed by atoms with Gasteiger partial charge in [0.25, 0.3) is 11.8 Å². The number of likely N-dealkylation sites (tertiary alicyclic amines) is 1. The van der Waals surface area contributed by atoms with Crippen molar-refractivity contribution in [2.75, 3.05) is 13.1 Å². The number of nitrogens with zero attached hydrogens (tertiary/aromatic N) is 3. The smallest absolute Gasteiger partial charge is 0.339 e. The van der Waals surface area contributed by atoms with Crippen molar-refractivity contribution in [2.45, 2.75) is 44.7 Å². The van der Waals surface area contributed by atoms with Gasteiger partial charge in [0, 0.05) is 29.8 Å². The summed E-state index contributed by atoms with van der Waals surface area (Å²) in [5.74, 6) is -0.914. The van der Waals surface area contributed by atoms with Gasteiger partial charge in [0.15, 0.2) is 0 Å². The first kappa shape index (κ1) is 23.6. The normalized spacial score (nSPS) is 15.8. The van der Waals surface area contributed by atoms with Gasteiger partial charge in [-0.25, -0.2) is 0 Å². The topological polar surface area (TPSA) is 55.2 Å². The van der Waals surface area contributed by atoms with Crippen molar-refractivity contribution in [3.63, 3.8) is 0 Å². The van der Waals surface area contributed by atoms with Crippen molar-refractivity contribution in [3.05, 3.63) is 75.4 Å². The van der Waals surface area contributed by atoms with Crippen LogP contribution in [0.1, 0.15) is 63.2 Å². The van der Waals surface area contributed by atoms with Gasteiger partial charge in [-0.1, -0.05) is 29.8 Å². The molecule has 1 aromatic heterocycles. The van der Waals surface area contributed by atoms with E-state index in [-0.39, 0.29) is 10.9 Å². The SMILES string of the molecule is O=C(c1ccc(-c2nn(C(=O)c3c(Cl)cccc3C(F)(F)F)c3c2CCCC3)cc1)N1CCCC1. The van der Waals surface area contributed by atoms with Crippen LogP contribution in [0.25, 0.3) is 11.3 Å². The highest BCUT2D eigenvalue weighted by Gasteiger charge is 2.38. The maximum absolute atomic E-state index is 13.7. The molecule has 1 aliphatic heterocycles. The number of hydrogen-bond donors (Lipinski definition) is 0. The number of fused-ring (bicyclic) bond motifs is 1. The lowest BCUT2D eigenvalue weighted by atomic mass is 9.93. The van der Waals surface area contributed by atoms with Crippen molar-refractivity contribution in [1.29, 1.82) is 0 Å². The van der Waals surface area contributed by atoms with Crippen molar-refractivity contribution in [1.82, 2.24) is 14.7 Å². The van der Waals surface area contributed by atoms with Gasteiger partial charge in [-0.15, -0.1) is 0 Å². The number of aromatic nitrogens is 2. The van der Waals surface area contributed by atoms with E-state index in [1.54, 1.807) is 24.3 Å². The van der Waals surface area contributed by atoms with E-state index in [2.05, 4.69) is 5.10 Å². The first-order valence-corrected chi connectivity index (χ1v) is 12.0. The minimum Gasteiger partial charge on any atom is -0.339 e. The number of carbonyl (C=O) groups excluding carboxylic acids is 2. The van der Waals surface area contributed by atoms with Crippen molar-refractivity contribution in [3.8, 4) is 11.3 Å². The van der Waals surface area contributed by atoms with Crippen LogP contribution in [-0.4, -0.2) is 39.6 Å². The van der Waals surface area contributed by atoms with Crippen molar-refractivity contribution < 1.29 is 22.8 Å². The Labute approximate surface area is 205 Å². The molecule has 2 heterocycles. The Bertz CT molecular complexity index is 1290. The molecule has 182 valence electrons. The van der Waals surface area contributed by atoms with Crippen LogP contribution in [-0.2, 0) is 19.0 Å². The summed E-state index contributed by atoms with van der Waals surface area (Å²) in [6.07, 6.45) is 0.177. The maximum atomic E-state index is 13.7. The summed E-state index contributed by atoms with van der Waals surface area (Å²) in [6, 6.07) is 10.3. The lowest BCUT2D eigenvalue weighted by Crippen LogP contribution is -2.27. The first-order chi connectivity index (χ1) is 16.8. The second kappa shape index (κ2) is 9.15. The van der Waals surface area contributed by atoms with E-state index in [4.69, 9.17) is 11.6 Å². The van der Waals surface area contributed by atoms with E-state index in [9.17, 15) is 22.8 Å². The Morgan fingerprint density at radius 3 is 2.26 bits per heavy atom. The molecule has 0 radical (unpaired) electrons. The number of alkyl halides is 3. The van der Waals surface area contributed by atoms with Crippen molar-refractivity contribution >= 4 is 23.4 Å². The zero-order chi connectivity index (χ0) is 24.7. The van der Waals surface area contributed by atoms with Gasteiger partial charge in [0.2, 0.25) is 0 Å². The van der Waals surface area contributed by atoms with Crippen LogP contribution in [0, 0.1) is 0 Å². The van der Waals surface area contributed by atoms with Gasteiger partial charge >= 0.3 is 6.18 Å². The molecule has 1 saturated heterocycles. The van der Waals surface area contributed by atoms with E-state index in [1.807, 2.05) is 4.90 Å². The van der Waals surface area contributed by atoms with E-state index in [0.717, 1.165) is 55.1 Å². The second-order valence-electron chi connectivity index (χ2n) is 8.93. The van der Waals surface area contributed by atoms with Gasteiger partial charge in [0.1, 0.15) is 0 Å². The summed E-state index contributed by atoms with van der Waals surface area (Å²) in [5, 5.41) is 4.23. The Morgan fingerprint density at radius 1 is 0.886 bits per heavy atom. The maximum Gasteiger partial charge on any atom is 0.417 e. The first-order valence-electron chi connectivity index (χ1n) is 11.7. The highest BCUT2D eigenvalue weighted by molar-refractivity contribution is 6.34. The lowest BCUT2D eigenvalue weighted by molar-refractivity contribution is -0.137. The molecule has 0 unspecified atom stereocenters. The monoisotopic (exact) mass is 501 g/mol. The van der Waals surface area contributed by atoms with Gasteiger partial charge in [-0.3, -0.25) is 9.59 Å². The van der Waals surface area contributed by atoms with Gasteiger partial charge in [-0.05, 0) is 62.8 Å². The van der Waals surface area contributed by atoms with Crippen LogP contribution in [0.4, 0.5) is 13.2 Å². The zero-order valence-corrected chi connectivity index (χ0v) is 19.6. The quantitative estimate of drug-likeness (QED) is 0.440. The van der Waals surface area contributed by atoms with Crippen LogP contribution in [0.5, 0.6) is 0 Å². The highest BCUT2D eigenvalue weighted by atomic mass is 35.5. The predicted octanol–water partition coefficient (Wildman–Crippen LogP) is 6.03. The average Bonchev–Trinajstić information content (AvgIpc) is 3.51. The van der Waals surface area contributed by atoms with Crippen LogP contribution >= 0.6 is 11.6 Å². The molecule has 1 amide bonds. The Hall–Kier alpha value is -3.13. The number of hydrogen-bond acceptors (Lipinski definition) is 3. The number of benzene rings is 2. The summed E-state index contributed by atoms with van der Waals surface area (Å²) in [6.45, 7) is 1.51.